The molecule has 0 radical (unpaired) electrons. The van der Waals surface area contributed by atoms with E-state index in [4.69, 9.17) is 10.2 Å². The molecule has 5 nitrogen and oxygen atoms in total. The van der Waals surface area contributed by atoms with E-state index in [0.29, 0.717) is 12.4 Å². The number of carbonyl (C=O) groups excluding carboxylic acids is 1. The van der Waals surface area contributed by atoms with E-state index in [1.54, 1.807) is 0 Å². The fourth-order valence-electron chi connectivity index (χ4n) is 1.95. The number of aromatic nitrogens is 1. The number of nitrogens with two attached hydrogens (primary N) is 1. The summed E-state index contributed by atoms with van der Waals surface area (Å²) in [6.45, 7) is 6.49. The first-order valence-electron chi connectivity index (χ1n) is 6.27. The van der Waals surface area contributed by atoms with Gasteiger partial charge in [-0.25, -0.2) is 4.98 Å². The van der Waals surface area contributed by atoms with Crippen molar-refractivity contribution in [1.82, 2.24) is 10.3 Å². The van der Waals surface area contributed by atoms with Gasteiger partial charge in [-0.2, -0.15) is 0 Å². The smallest absolute Gasteiger partial charge is 0.233 e. The molecule has 1 aromatic heterocycles. The van der Waals surface area contributed by atoms with Crippen LogP contribution in [-0.2, 0) is 10.2 Å². The summed E-state index contributed by atoms with van der Waals surface area (Å²) in [4.78, 5) is 15.5. The van der Waals surface area contributed by atoms with Gasteiger partial charge in [0.05, 0.1) is 6.54 Å². The third-order valence-corrected chi connectivity index (χ3v) is 3.19. The summed E-state index contributed by atoms with van der Waals surface area (Å²) >= 11 is 0. The molecule has 0 aliphatic rings. The average Bonchev–Trinajstić information content (AvgIpc) is 2.74. The summed E-state index contributed by atoms with van der Waals surface area (Å²) < 4.78 is 5.53. The van der Waals surface area contributed by atoms with E-state index in [2.05, 4.69) is 24.1 Å². The summed E-state index contributed by atoms with van der Waals surface area (Å²) in [7, 11) is 0. The molecule has 1 amide bonds. The Balaban J connectivity index is 2.23. The minimum absolute atomic E-state index is 0.0103. The van der Waals surface area contributed by atoms with E-state index in [-0.39, 0.29) is 17.9 Å². The molecule has 0 fully saturated rings. The minimum atomic E-state index is -0.195. The van der Waals surface area contributed by atoms with Gasteiger partial charge in [-0.1, -0.05) is 19.9 Å². The quantitative estimate of drug-likeness (QED) is 0.873. The van der Waals surface area contributed by atoms with Crippen LogP contribution < -0.4 is 11.1 Å². The third-order valence-electron chi connectivity index (χ3n) is 3.19. The molecule has 1 heterocycles. The Kier molecular flexibility index (Phi) is 3.57. The van der Waals surface area contributed by atoms with Crippen molar-refractivity contribution >= 4 is 17.0 Å². The Morgan fingerprint density at radius 2 is 2.21 bits per heavy atom. The second-order valence-corrected chi connectivity index (χ2v) is 5.28. The van der Waals surface area contributed by atoms with E-state index < -0.39 is 0 Å². The van der Waals surface area contributed by atoms with Crippen molar-refractivity contribution in [3.8, 4) is 0 Å². The maximum atomic E-state index is 11.2. The molecule has 0 saturated carbocycles. The number of benzene rings is 1. The average molecular weight is 261 g/mol. The molecule has 0 unspecified atom stereocenters. The van der Waals surface area contributed by atoms with Gasteiger partial charge in [0, 0.05) is 18.9 Å². The molecule has 0 aliphatic heterocycles. The largest absolute Gasteiger partial charge is 0.441 e. The molecule has 2 aromatic rings. The monoisotopic (exact) mass is 261 g/mol. The molecule has 2 rings (SSSR count). The number of hydrogen-bond acceptors (Lipinski definition) is 4. The Morgan fingerprint density at radius 3 is 2.89 bits per heavy atom. The molecule has 0 spiro atoms. The van der Waals surface area contributed by atoms with Crippen molar-refractivity contribution in [3.63, 3.8) is 0 Å². The van der Waals surface area contributed by atoms with Crippen LogP contribution in [0.5, 0.6) is 0 Å². The Morgan fingerprint density at radius 1 is 1.47 bits per heavy atom. The first-order valence-corrected chi connectivity index (χ1v) is 6.27. The summed E-state index contributed by atoms with van der Waals surface area (Å²) in [5, 5.41) is 2.81. The van der Waals surface area contributed by atoms with Crippen LogP contribution in [0.4, 0.5) is 0 Å². The molecule has 102 valence electrons. The van der Waals surface area contributed by atoms with Gasteiger partial charge >= 0.3 is 0 Å². The maximum absolute atomic E-state index is 11.2. The molecule has 19 heavy (non-hydrogen) atoms. The Labute approximate surface area is 112 Å². The Hall–Kier alpha value is -1.88. The van der Waals surface area contributed by atoms with Crippen LogP contribution >= 0.6 is 0 Å². The van der Waals surface area contributed by atoms with Crippen LogP contribution in [0.3, 0.4) is 0 Å². The molecule has 0 aliphatic carbocycles. The van der Waals surface area contributed by atoms with Crippen molar-refractivity contribution < 1.29 is 9.21 Å². The number of hydrogen-bond donors (Lipinski definition) is 2. The van der Waals surface area contributed by atoms with Crippen LogP contribution in [0.1, 0.15) is 25.3 Å². The van der Waals surface area contributed by atoms with Crippen molar-refractivity contribution in [2.75, 3.05) is 13.1 Å². The van der Waals surface area contributed by atoms with Crippen LogP contribution in [-0.4, -0.2) is 24.0 Å². The summed E-state index contributed by atoms with van der Waals surface area (Å²) in [6, 6.07) is 5.93. The topological polar surface area (TPSA) is 81.2 Å². The van der Waals surface area contributed by atoms with Crippen LogP contribution in [0.2, 0.25) is 0 Å². The lowest BCUT2D eigenvalue weighted by Gasteiger charge is -2.25. The van der Waals surface area contributed by atoms with Gasteiger partial charge in [0.1, 0.15) is 5.52 Å². The standard InChI is InChI=1S/C14H19N3O2/c1-9-17-11-5-4-10(6-12(11)19-9)14(2,3)8-16-13(18)7-15/h4-6H,7-8,15H2,1-3H3,(H,16,18). The molecule has 0 bridgehead atoms. The van der Waals surface area contributed by atoms with Crippen LogP contribution in [0, 0.1) is 6.92 Å². The Bertz CT molecular complexity index is 602. The minimum Gasteiger partial charge on any atom is -0.441 e. The lowest BCUT2D eigenvalue weighted by atomic mass is 9.84. The number of nitrogens with one attached hydrogen (secondary N) is 1. The highest BCUT2D eigenvalue weighted by Gasteiger charge is 2.22. The highest BCUT2D eigenvalue weighted by molar-refractivity contribution is 5.78. The van der Waals surface area contributed by atoms with E-state index in [1.165, 1.54) is 0 Å². The lowest BCUT2D eigenvalue weighted by Crippen LogP contribution is -2.39. The fraction of sp³-hybridized carbons (Fsp3) is 0.429. The zero-order chi connectivity index (χ0) is 14.0. The fourth-order valence-corrected chi connectivity index (χ4v) is 1.95. The molecule has 0 saturated heterocycles. The highest BCUT2D eigenvalue weighted by atomic mass is 16.3. The van der Waals surface area contributed by atoms with Gasteiger partial charge in [-0.3, -0.25) is 4.79 Å². The van der Waals surface area contributed by atoms with Gasteiger partial charge < -0.3 is 15.5 Å². The summed E-state index contributed by atoms with van der Waals surface area (Å²) in [5.41, 5.74) is 7.80. The number of carbonyl (C=O) groups is 1. The second kappa shape index (κ2) is 5.01. The van der Waals surface area contributed by atoms with Crippen LogP contribution in [0.15, 0.2) is 22.6 Å². The number of rotatable bonds is 4. The zero-order valence-corrected chi connectivity index (χ0v) is 11.5. The van der Waals surface area contributed by atoms with Gasteiger partial charge in [0.2, 0.25) is 5.91 Å². The number of fused-ring (bicyclic) bond motifs is 1. The lowest BCUT2D eigenvalue weighted by molar-refractivity contribution is -0.119. The highest BCUT2D eigenvalue weighted by Crippen LogP contribution is 2.26. The van der Waals surface area contributed by atoms with Crippen molar-refractivity contribution in [3.05, 3.63) is 29.7 Å². The molecule has 5 heteroatoms. The maximum Gasteiger partial charge on any atom is 0.233 e. The third kappa shape index (κ3) is 2.93. The van der Waals surface area contributed by atoms with Gasteiger partial charge in [0.25, 0.3) is 0 Å². The molecule has 3 N–H and O–H groups in total. The van der Waals surface area contributed by atoms with Crippen molar-refractivity contribution in [2.45, 2.75) is 26.2 Å². The van der Waals surface area contributed by atoms with Gasteiger partial charge in [-0.15, -0.1) is 0 Å². The summed E-state index contributed by atoms with van der Waals surface area (Å²) in [6.07, 6.45) is 0. The first kappa shape index (κ1) is 13.5. The first-order chi connectivity index (χ1) is 8.92. The van der Waals surface area contributed by atoms with Crippen LogP contribution in [0.25, 0.3) is 11.1 Å². The number of aryl methyl sites for hydroxylation is 1. The second-order valence-electron chi connectivity index (χ2n) is 5.28. The molecule has 1 aromatic carbocycles. The summed E-state index contributed by atoms with van der Waals surface area (Å²) in [5.74, 6) is 0.506. The molecular weight excluding hydrogens is 242 g/mol. The predicted octanol–water partition coefficient (Wildman–Crippen LogP) is 1.49. The number of amides is 1. The van der Waals surface area contributed by atoms with Gasteiger partial charge in [0.15, 0.2) is 11.5 Å². The number of nitrogens with zero attached hydrogens (tertiary/aromatic N) is 1. The van der Waals surface area contributed by atoms with E-state index >= 15 is 0 Å². The van der Waals surface area contributed by atoms with E-state index in [0.717, 1.165) is 16.7 Å². The van der Waals surface area contributed by atoms with Crippen molar-refractivity contribution in [2.24, 2.45) is 5.73 Å². The zero-order valence-electron chi connectivity index (χ0n) is 11.5. The normalized spacial score (nSPS) is 11.8. The molecular formula is C14H19N3O2. The SMILES string of the molecule is Cc1nc2ccc(C(C)(C)CNC(=O)CN)cc2o1. The van der Waals surface area contributed by atoms with E-state index in [9.17, 15) is 4.79 Å². The van der Waals surface area contributed by atoms with Gasteiger partial charge in [-0.05, 0) is 17.7 Å². The van der Waals surface area contributed by atoms with E-state index in [1.807, 2.05) is 25.1 Å². The molecule has 0 atom stereocenters. The predicted molar refractivity (Wildman–Crippen MR) is 73.8 cm³/mol. The number of oxazole rings is 1. The van der Waals surface area contributed by atoms with Crippen molar-refractivity contribution in [1.29, 1.82) is 0 Å².